The Labute approximate surface area is 304 Å². The zero-order valence-corrected chi connectivity index (χ0v) is 31.1. The van der Waals surface area contributed by atoms with Gasteiger partial charge in [0, 0.05) is 51.1 Å². The lowest BCUT2D eigenvalue weighted by Gasteiger charge is -2.43. The highest BCUT2D eigenvalue weighted by molar-refractivity contribution is 7.92. The molecule has 2 aliphatic heterocycles. The molecular formula is C37H46ClN5O7S. The van der Waals surface area contributed by atoms with Crippen LogP contribution in [0.2, 0.25) is 5.02 Å². The van der Waals surface area contributed by atoms with E-state index in [-0.39, 0.29) is 41.2 Å². The molecular weight excluding hydrogens is 694 g/mol. The number of anilines is 1. The van der Waals surface area contributed by atoms with Gasteiger partial charge in [0.05, 0.1) is 37.4 Å². The second-order valence-electron chi connectivity index (χ2n) is 13.3. The van der Waals surface area contributed by atoms with Crippen LogP contribution in [0, 0.1) is 11.8 Å². The van der Waals surface area contributed by atoms with E-state index < -0.39 is 27.8 Å². The van der Waals surface area contributed by atoms with Crippen LogP contribution in [0.15, 0.2) is 59.1 Å². The van der Waals surface area contributed by atoms with Gasteiger partial charge in [0.1, 0.15) is 21.2 Å². The van der Waals surface area contributed by atoms with Crippen molar-refractivity contribution >= 4 is 39.0 Å². The standard InChI is InChI=1S/C37H46ClN5O7S/c1-42-23-31(37(39-42)49-4)36(45)41-51(46)18-16-29(47-2)12-15-33(48-3)30-13-9-27(30)22-43-21-26-8-11-28(38)19-24(26)7-5-6-17-50-34-14-10-25(20-32(34)43)35(44)40-51/h8,10-12,14-15,19-20,23,27,29-30,33H,5-7,9,13,16-18,21-22H2,1-4H3,(H,40,41,44,45,46)/b15-12+/t27-,29+,30+,33-,51?/m0/s1. The van der Waals surface area contributed by atoms with E-state index in [0.29, 0.717) is 36.4 Å². The van der Waals surface area contributed by atoms with E-state index in [0.717, 1.165) is 43.4 Å². The van der Waals surface area contributed by atoms with Crippen LogP contribution in [-0.2, 0) is 39.4 Å². The first-order valence-electron chi connectivity index (χ1n) is 17.3. The van der Waals surface area contributed by atoms with Crippen LogP contribution in [0.5, 0.6) is 11.6 Å². The Morgan fingerprint density at radius 2 is 1.88 bits per heavy atom. The van der Waals surface area contributed by atoms with Gasteiger partial charge in [-0.2, -0.15) is 0 Å². The highest BCUT2D eigenvalue weighted by Gasteiger charge is 2.38. The highest BCUT2D eigenvalue weighted by atomic mass is 35.5. The molecule has 1 N–H and O–H groups in total. The summed E-state index contributed by atoms with van der Waals surface area (Å²) in [5.74, 6) is -0.324. The first-order chi connectivity index (χ1) is 24.6. The van der Waals surface area contributed by atoms with Crippen LogP contribution in [0.4, 0.5) is 5.69 Å². The van der Waals surface area contributed by atoms with Gasteiger partial charge in [-0.3, -0.25) is 19.0 Å². The van der Waals surface area contributed by atoms with E-state index in [2.05, 4.69) is 25.1 Å². The Bertz CT molecular complexity index is 1910. The zero-order chi connectivity index (χ0) is 36.1. The molecule has 51 heavy (non-hydrogen) atoms. The summed E-state index contributed by atoms with van der Waals surface area (Å²) >= 11 is 6.46. The summed E-state index contributed by atoms with van der Waals surface area (Å²) in [6.45, 7) is 1.77. The number of aryl methyl sites for hydroxylation is 2. The molecule has 274 valence electrons. The number of aromatic nitrogens is 2. The first-order valence-corrected chi connectivity index (χ1v) is 19.4. The van der Waals surface area contributed by atoms with Crippen LogP contribution in [0.25, 0.3) is 0 Å². The normalized spacial score (nSPS) is 26.2. The van der Waals surface area contributed by atoms with E-state index in [9.17, 15) is 13.8 Å². The third-order valence-corrected chi connectivity index (χ3v) is 12.0. The van der Waals surface area contributed by atoms with Gasteiger partial charge in [0.15, 0.2) is 0 Å². The van der Waals surface area contributed by atoms with Crippen molar-refractivity contribution in [3.63, 3.8) is 0 Å². The molecule has 1 fully saturated rings. The van der Waals surface area contributed by atoms with E-state index >= 15 is 0 Å². The van der Waals surface area contributed by atoms with Crippen molar-refractivity contribution in [1.82, 2.24) is 14.5 Å². The van der Waals surface area contributed by atoms with Crippen molar-refractivity contribution in [1.29, 1.82) is 0 Å². The number of halogens is 1. The Hall–Kier alpha value is -3.91. The summed E-state index contributed by atoms with van der Waals surface area (Å²) in [5, 5.41) is 4.83. The van der Waals surface area contributed by atoms with Gasteiger partial charge in [-0.25, -0.2) is 4.21 Å². The Balaban J connectivity index is 1.46. The number of ether oxygens (including phenoxy) is 4. The molecule has 2 bridgehead atoms. The van der Waals surface area contributed by atoms with Gasteiger partial charge in [0.2, 0.25) is 5.88 Å². The number of hydrogen-bond donors (Lipinski definition) is 1. The number of carbonyl (C=O) groups is 2. The van der Waals surface area contributed by atoms with Crippen LogP contribution < -0.4 is 19.1 Å². The molecule has 5 atom stereocenters. The van der Waals surface area contributed by atoms with Crippen molar-refractivity contribution in [2.45, 2.75) is 57.3 Å². The molecule has 1 aromatic heterocycles. The van der Waals surface area contributed by atoms with Crippen molar-refractivity contribution in [3.05, 3.63) is 82.0 Å². The zero-order valence-electron chi connectivity index (χ0n) is 29.5. The third kappa shape index (κ3) is 8.60. The van der Waals surface area contributed by atoms with Gasteiger partial charge >= 0.3 is 0 Å². The fourth-order valence-electron chi connectivity index (χ4n) is 7.07. The average molecular weight is 740 g/mol. The molecule has 1 unspecified atom stereocenters. The molecule has 3 heterocycles. The molecule has 0 spiro atoms. The van der Waals surface area contributed by atoms with Crippen molar-refractivity contribution in [2.24, 2.45) is 23.2 Å². The second-order valence-corrected chi connectivity index (χ2v) is 15.8. The van der Waals surface area contributed by atoms with Crippen molar-refractivity contribution in [3.8, 4) is 11.6 Å². The smallest absolute Gasteiger partial charge is 0.286 e. The minimum absolute atomic E-state index is 0.0586. The molecule has 3 aromatic rings. The topological polar surface area (TPSA) is 134 Å². The number of carbonyl (C=O) groups excluding carboxylic acids is 2. The fraction of sp³-hybridized carbons (Fsp3) is 0.486. The molecule has 0 saturated heterocycles. The monoisotopic (exact) mass is 739 g/mol. The summed E-state index contributed by atoms with van der Waals surface area (Å²) in [6, 6.07) is 11.2. The molecule has 3 aliphatic rings. The van der Waals surface area contributed by atoms with Crippen LogP contribution in [0.1, 0.15) is 63.9 Å². The van der Waals surface area contributed by atoms with Crippen LogP contribution in [0.3, 0.4) is 0 Å². The van der Waals surface area contributed by atoms with Gasteiger partial charge < -0.3 is 23.8 Å². The lowest BCUT2D eigenvalue weighted by atomic mass is 9.70. The molecule has 0 radical (unpaired) electrons. The van der Waals surface area contributed by atoms with Gasteiger partial charge in [-0.05, 0) is 91.8 Å². The summed E-state index contributed by atoms with van der Waals surface area (Å²) in [6.07, 6.45) is 9.65. The summed E-state index contributed by atoms with van der Waals surface area (Å²) < 4.78 is 46.1. The molecule has 2 amide bonds. The minimum atomic E-state index is -3.68. The Kier molecular flexibility index (Phi) is 11.7. The molecule has 6 rings (SSSR count). The summed E-state index contributed by atoms with van der Waals surface area (Å²) in [5.41, 5.74) is 3.38. The number of amides is 2. The maximum atomic E-state index is 14.5. The quantitative estimate of drug-likeness (QED) is 0.324. The van der Waals surface area contributed by atoms with Crippen molar-refractivity contribution < 1.29 is 32.7 Å². The first kappa shape index (κ1) is 36.9. The molecule has 14 heteroatoms. The van der Waals surface area contributed by atoms with Crippen LogP contribution in [-0.4, -0.2) is 78.2 Å². The number of methoxy groups -OCH3 is 3. The summed E-state index contributed by atoms with van der Waals surface area (Å²) in [4.78, 5) is 29.8. The van der Waals surface area contributed by atoms with E-state index in [1.54, 1.807) is 39.5 Å². The number of benzene rings is 2. The molecule has 2 aromatic carbocycles. The molecule has 12 nitrogen and oxygen atoms in total. The average Bonchev–Trinajstić information content (AvgIpc) is 3.48. The summed E-state index contributed by atoms with van der Waals surface area (Å²) in [7, 11) is 2.63. The Morgan fingerprint density at radius 1 is 1.04 bits per heavy atom. The number of nitrogens with one attached hydrogen (secondary N) is 1. The van der Waals surface area contributed by atoms with E-state index in [1.165, 1.54) is 23.6 Å². The third-order valence-electron chi connectivity index (χ3n) is 10.0. The highest BCUT2D eigenvalue weighted by Crippen LogP contribution is 2.42. The maximum absolute atomic E-state index is 14.5. The predicted octanol–water partition coefficient (Wildman–Crippen LogP) is 5.77. The van der Waals surface area contributed by atoms with Gasteiger partial charge in [-0.1, -0.05) is 29.8 Å². The van der Waals surface area contributed by atoms with Crippen molar-refractivity contribution in [2.75, 3.05) is 45.1 Å². The van der Waals surface area contributed by atoms with Gasteiger partial charge in [0.25, 0.3) is 11.8 Å². The number of fused-ring (bicyclic) bond motifs is 3. The molecule has 1 aliphatic carbocycles. The SMILES string of the molecule is COc1nn(C)cc1C(=O)NS1(=O)=NC(=O)c2ccc3c(c2)N(Cc2ccc(Cl)cc2CCCCO3)C[C@@H]2CC[C@H]2[C@@H](OC)/C=C/[C@@H](OC)CC1. The predicted molar refractivity (Wildman–Crippen MR) is 196 cm³/mol. The lowest BCUT2D eigenvalue weighted by molar-refractivity contribution is 0.0126. The fourth-order valence-corrected chi connectivity index (χ4v) is 8.83. The minimum Gasteiger partial charge on any atom is -0.491 e. The largest absolute Gasteiger partial charge is 0.491 e. The number of nitrogens with zero attached hydrogens (tertiary/aromatic N) is 4. The second kappa shape index (κ2) is 16.2. The van der Waals surface area contributed by atoms with Crippen LogP contribution >= 0.6 is 11.6 Å². The van der Waals surface area contributed by atoms with E-state index in [1.807, 2.05) is 24.3 Å². The molecule has 1 saturated carbocycles. The lowest BCUT2D eigenvalue weighted by Crippen LogP contribution is -2.43. The number of hydrogen-bond acceptors (Lipinski definition) is 9. The van der Waals surface area contributed by atoms with E-state index in [4.69, 9.17) is 30.5 Å². The maximum Gasteiger partial charge on any atom is 0.286 e. The number of rotatable bonds is 5. The van der Waals surface area contributed by atoms with Gasteiger partial charge in [-0.15, -0.1) is 9.46 Å². The Morgan fingerprint density at radius 3 is 2.63 bits per heavy atom.